The first-order chi connectivity index (χ1) is 9.71. The molecule has 1 aliphatic heterocycles. The van der Waals surface area contributed by atoms with Crippen LogP contribution in [0, 0.1) is 0 Å². The summed E-state index contributed by atoms with van der Waals surface area (Å²) >= 11 is 0. The summed E-state index contributed by atoms with van der Waals surface area (Å²) in [5, 5.41) is 3.16. The summed E-state index contributed by atoms with van der Waals surface area (Å²) in [6.45, 7) is 8.27. The molecule has 1 aromatic rings. The van der Waals surface area contributed by atoms with Crippen LogP contribution in [-0.2, 0) is 21.8 Å². The fourth-order valence-electron chi connectivity index (χ4n) is 2.36. The van der Waals surface area contributed by atoms with Crippen LogP contribution in [0.15, 0.2) is 12.1 Å². The van der Waals surface area contributed by atoms with Crippen LogP contribution in [-0.4, -0.2) is 45.0 Å². The van der Waals surface area contributed by atoms with Gasteiger partial charge in [-0.1, -0.05) is 20.8 Å². The Kier molecular flexibility index (Phi) is 4.58. The van der Waals surface area contributed by atoms with Gasteiger partial charge in [0.25, 0.3) is 0 Å². The minimum atomic E-state index is -2.86. The van der Waals surface area contributed by atoms with Crippen molar-refractivity contribution < 1.29 is 8.42 Å². The minimum absolute atomic E-state index is 0.0274. The lowest BCUT2D eigenvalue weighted by Crippen LogP contribution is -2.41. The van der Waals surface area contributed by atoms with Crippen LogP contribution in [0.1, 0.15) is 32.0 Å². The molecule has 6 heteroatoms. The maximum absolute atomic E-state index is 11.6. The number of sulfone groups is 1. The molecule has 0 bridgehead atoms. The van der Waals surface area contributed by atoms with Crippen LogP contribution in [0.5, 0.6) is 0 Å². The lowest BCUT2D eigenvalue weighted by atomic mass is 9.90. The molecule has 0 saturated carbocycles. The molecule has 21 heavy (non-hydrogen) atoms. The van der Waals surface area contributed by atoms with Crippen molar-refractivity contribution in [2.45, 2.75) is 32.7 Å². The van der Waals surface area contributed by atoms with Gasteiger partial charge < -0.3 is 10.2 Å². The number of aromatic nitrogens is 1. The van der Waals surface area contributed by atoms with Gasteiger partial charge in [-0.05, 0) is 24.7 Å². The van der Waals surface area contributed by atoms with Crippen LogP contribution in [0.4, 0.5) is 5.82 Å². The molecule has 1 aromatic heterocycles. The summed E-state index contributed by atoms with van der Waals surface area (Å²) in [6.07, 6.45) is 0. The lowest BCUT2D eigenvalue weighted by molar-refractivity contribution is 0.564. The second-order valence-electron chi connectivity index (χ2n) is 6.64. The van der Waals surface area contributed by atoms with Gasteiger partial charge in [-0.3, -0.25) is 0 Å². The Balaban J connectivity index is 2.32. The molecule has 2 heterocycles. The van der Waals surface area contributed by atoms with Crippen molar-refractivity contribution in [3.8, 4) is 0 Å². The molecule has 0 atom stereocenters. The summed E-state index contributed by atoms with van der Waals surface area (Å²) in [6, 6.07) is 4.18. The van der Waals surface area contributed by atoms with Crippen molar-refractivity contribution in [2.75, 3.05) is 36.5 Å². The Morgan fingerprint density at radius 1 is 1.24 bits per heavy atom. The summed E-state index contributed by atoms with van der Waals surface area (Å²) < 4.78 is 23.1. The molecule has 1 N–H and O–H groups in total. The van der Waals surface area contributed by atoms with Crippen molar-refractivity contribution in [1.29, 1.82) is 0 Å². The molecule has 1 aliphatic rings. The third kappa shape index (κ3) is 4.17. The Hall–Kier alpha value is -1.14. The van der Waals surface area contributed by atoms with Gasteiger partial charge >= 0.3 is 0 Å². The summed E-state index contributed by atoms with van der Waals surface area (Å²) in [5.74, 6) is 1.33. The molecular weight excluding hydrogens is 286 g/mol. The number of nitrogens with one attached hydrogen (secondary N) is 1. The highest BCUT2D eigenvalue weighted by atomic mass is 32.2. The molecule has 0 aliphatic carbocycles. The van der Waals surface area contributed by atoms with E-state index in [1.54, 1.807) is 0 Å². The van der Waals surface area contributed by atoms with E-state index in [2.05, 4.69) is 43.1 Å². The third-order valence-electron chi connectivity index (χ3n) is 3.69. The predicted molar refractivity (Wildman–Crippen MR) is 86.6 cm³/mol. The molecule has 0 radical (unpaired) electrons. The van der Waals surface area contributed by atoms with Crippen LogP contribution >= 0.6 is 0 Å². The largest absolute Gasteiger partial charge is 0.355 e. The number of hydrogen-bond acceptors (Lipinski definition) is 5. The molecule has 118 valence electrons. The zero-order valence-corrected chi connectivity index (χ0v) is 14.1. The van der Waals surface area contributed by atoms with Gasteiger partial charge in [-0.25, -0.2) is 13.4 Å². The van der Waals surface area contributed by atoms with Gasteiger partial charge in [0, 0.05) is 30.7 Å². The fraction of sp³-hybridized carbons (Fsp3) is 0.667. The van der Waals surface area contributed by atoms with E-state index >= 15 is 0 Å². The van der Waals surface area contributed by atoms with Crippen molar-refractivity contribution in [3.63, 3.8) is 0 Å². The molecule has 1 fully saturated rings. The highest BCUT2D eigenvalue weighted by molar-refractivity contribution is 7.91. The zero-order valence-electron chi connectivity index (χ0n) is 13.3. The first-order valence-electron chi connectivity index (χ1n) is 7.33. The minimum Gasteiger partial charge on any atom is -0.355 e. The van der Waals surface area contributed by atoms with E-state index in [-0.39, 0.29) is 16.9 Å². The fourth-order valence-corrected chi connectivity index (χ4v) is 3.57. The van der Waals surface area contributed by atoms with Gasteiger partial charge in [0.2, 0.25) is 0 Å². The van der Waals surface area contributed by atoms with E-state index in [0.29, 0.717) is 13.1 Å². The lowest BCUT2D eigenvalue weighted by Gasteiger charge is -2.30. The van der Waals surface area contributed by atoms with Crippen LogP contribution in [0.3, 0.4) is 0 Å². The number of rotatable bonds is 3. The number of hydrogen-bond donors (Lipinski definition) is 1. The van der Waals surface area contributed by atoms with E-state index in [9.17, 15) is 8.42 Å². The van der Waals surface area contributed by atoms with Crippen molar-refractivity contribution in [1.82, 2.24) is 10.3 Å². The van der Waals surface area contributed by atoms with Gasteiger partial charge in [0.1, 0.15) is 5.82 Å². The Morgan fingerprint density at radius 2 is 1.86 bits per heavy atom. The molecule has 0 aromatic carbocycles. The predicted octanol–water partition coefficient (Wildman–Crippen LogP) is 1.33. The first kappa shape index (κ1) is 16.2. The summed E-state index contributed by atoms with van der Waals surface area (Å²) in [5.41, 5.74) is 2.19. The number of pyridine rings is 1. The van der Waals surface area contributed by atoms with Gasteiger partial charge in [0.15, 0.2) is 9.84 Å². The van der Waals surface area contributed by atoms with Gasteiger partial charge in [-0.15, -0.1) is 0 Å². The third-order valence-corrected chi connectivity index (χ3v) is 5.30. The van der Waals surface area contributed by atoms with E-state index in [1.165, 1.54) is 5.56 Å². The van der Waals surface area contributed by atoms with Crippen molar-refractivity contribution in [2.24, 2.45) is 0 Å². The second-order valence-corrected chi connectivity index (χ2v) is 8.94. The van der Waals surface area contributed by atoms with Crippen molar-refractivity contribution >= 4 is 15.7 Å². The van der Waals surface area contributed by atoms with E-state index in [0.717, 1.165) is 18.1 Å². The summed E-state index contributed by atoms with van der Waals surface area (Å²) in [7, 11) is -0.943. The number of anilines is 1. The van der Waals surface area contributed by atoms with Crippen LogP contribution in [0.2, 0.25) is 0 Å². The van der Waals surface area contributed by atoms with E-state index in [4.69, 9.17) is 4.98 Å². The van der Waals surface area contributed by atoms with E-state index in [1.807, 2.05) is 7.05 Å². The summed E-state index contributed by atoms with van der Waals surface area (Å²) in [4.78, 5) is 6.84. The monoisotopic (exact) mass is 311 g/mol. The molecule has 2 rings (SSSR count). The molecule has 5 nitrogen and oxygen atoms in total. The normalized spacial score (nSPS) is 18.8. The SMILES string of the molecule is CNCc1cc(N2CCS(=O)(=O)CC2)nc(C(C)(C)C)c1. The first-order valence-corrected chi connectivity index (χ1v) is 9.15. The zero-order chi connectivity index (χ0) is 15.7. The molecule has 1 saturated heterocycles. The molecular formula is C15H25N3O2S. The van der Waals surface area contributed by atoms with Crippen LogP contribution in [0.25, 0.3) is 0 Å². The highest BCUT2D eigenvalue weighted by Gasteiger charge is 2.24. The second kappa shape index (κ2) is 5.93. The Bertz CT molecular complexity index is 592. The van der Waals surface area contributed by atoms with E-state index < -0.39 is 9.84 Å². The van der Waals surface area contributed by atoms with Crippen molar-refractivity contribution in [3.05, 3.63) is 23.4 Å². The Labute approximate surface area is 127 Å². The molecule has 0 unspecified atom stereocenters. The Morgan fingerprint density at radius 3 is 2.38 bits per heavy atom. The highest BCUT2D eigenvalue weighted by Crippen LogP contribution is 2.25. The number of nitrogens with zero attached hydrogens (tertiary/aromatic N) is 2. The molecule has 0 spiro atoms. The maximum Gasteiger partial charge on any atom is 0.153 e. The topological polar surface area (TPSA) is 62.3 Å². The quantitative estimate of drug-likeness (QED) is 0.912. The smallest absolute Gasteiger partial charge is 0.153 e. The van der Waals surface area contributed by atoms with Gasteiger partial charge in [-0.2, -0.15) is 0 Å². The molecule has 0 amide bonds. The average molecular weight is 311 g/mol. The van der Waals surface area contributed by atoms with Crippen LogP contribution < -0.4 is 10.2 Å². The standard InChI is InChI=1S/C15H25N3O2S/c1-15(2,3)13-9-12(11-16-4)10-14(17-13)18-5-7-21(19,20)8-6-18/h9-10,16H,5-8,11H2,1-4H3. The van der Waals surface area contributed by atoms with Gasteiger partial charge in [0.05, 0.1) is 11.5 Å². The average Bonchev–Trinajstić information content (AvgIpc) is 2.37. The maximum atomic E-state index is 11.6.